The Morgan fingerprint density at radius 3 is 2.09 bits per heavy atom. The molecule has 0 aliphatic heterocycles. The Hall–Kier alpha value is -0.410. The van der Waals surface area contributed by atoms with Crippen molar-refractivity contribution < 1.29 is 4.79 Å². The van der Waals surface area contributed by atoms with Crippen LogP contribution in [0.25, 0.3) is 0 Å². The minimum Gasteiger partial charge on any atom is -0.298 e. The quantitative estimate of drug-likeness (QED) is 0.222. The summed E-state index contributed by atoms with van der Waals surface area (Å²) in [5.41, 5.74) is 0.860. The summed E-state index contributed by atoms with van der Waals surface area (Å²) in [5, 5.41) is 0. The maximum atomic E-state index is 11.3. The molecule has 0 radical (unpaired) electrons. The highest BCUT2D eigenvalue weighted by Gasteiger charge is 2.05. The van der Waals surface area contributed by atoms with E-state index < -0.39 is 0 Å². The summed E-state index contributed by atoms with van der Waals surface area (Å²) in [6.45, 7) is 4.47. The minimum absolute atomic E-state index is 0.860. The van der Waals surface area contributed by atoms with Crippen LogP contribution < -0.4 is 0 Å². The lowest BCUT2D eigenvalue weighted by molar-refractivity contribution is 0.112. The van der Waals surface area contributed by atoms with Crippen molar-refractivity contribution in [3.05, 3.63) is 23.8 Å². The van der Waals surface area contributed by atoms with E-state index in [4.69, 9.17) is 0 Å². The highest BCUT2D eigenvalue weighted by atomic mass is 32.2. The first-order valence-electron chi connectivity index (χ1n) is 8.66. The van der Waals surface area contributed by atoms with Gasteiger partial charge in [0, 0.05) is 15.4 Å². The third kappa shape index (κ3) is 8.28. The second kappa shape index (κ2) is 13.1. The average Bonchev–Trinajstić information content (AvgIpc) is 2.55. The maximum Gasteiger partial charge on any atom is 0.151 e. The first-order valence-corrected chi connectivity index (χ1v) is 10.6. The predicted molar refractivity (Wildman–Crippen MR) is 102 cm³/mol. The topological polar surface area (TPSA) is 17.1 Å². The smallest absolute Gasteiger partial charge is 0.151 e. The molecule has 0 aliphatic carbocycles. The lowest BCUT2D eigenvalue weighted by Gasteiger charge is -2.08. The van der Waals surface area contributed by atoms with E-state index in [-0.39, 0.29) is 0 Å². The lowest BCUT2D eigenvalue weighted by Crippen LogP contribution is -1.89. The van der Waals surface area contributed by atoms with Crippen molar-refractivity contribution >= 4 is 29.8 Å². The van der Waals surface area contributed by atoms with Gasteiger partial charge in [-0.2, -0.15) is 0 Å². The molecule has 0 bridgehead atoms. The van der Waals surface area contributed by atoms with Gasteiger partial charge >= 0.3 is 0 Å². The zero-order valence-electron chi connectivity index (χ0n) is 14.1. The molecule has 0 unspecified atom stereocenters. The summed E-state index contributed by atoms with van der Waals surface area (Å²) in [5.74, 6) is 2.27. The molecule has 1 aromatic rings. The Bertz CT molecular complexity index is 418. The first-order chi connectivity index (χ1) is 10.8. The van der Waals surface area contributed by atoms with E-state index in [2.05, 4.69) is 32.0 Å². The lowest BCUT2D eigenvalue weighted by atomic mass is 10.2. The van der Waals surface area contributed by atoms with E-state index in [9.17, 15) is 4.79 Å². The molecule has 0 N–H and O–H groups in total. The summed E-state index contributed by atoms with van der Waals surface area (Å²) < 4.78 is 0. The van der Waals surface area contributed by atoms with Crippen LogP contribution in [0.1, 0.15) is 75.6 Å². The molecule has 3 heteroatoms. The Morgan fingerprint density at radius 2 is 1.50 bits per heavy atom. The summed E-state index contributed by atoms with van der Waals surface area (Å²) >= 11 is 3.70. The van der Waals surface area contributed by atoms with Crippen LogP contribution in [-0.4, -0.2) is 17.8 Å². The molecule has 1 rings (SSSR count). The van der Waals surface area contributed by atoms with Gasteiger partial charge in [0.2, 0.25) is 0 Å². The summed E-state index contributed by atoms with van der Waals surface area (Å²) in [4.78, 5) is 13.7. The van der Waals surface area contributed by atoms with Crippen molar-refractivity contribution in [2.24, 2.45) is 0 Å². The second-order valence-corrected chi connectivity index (χ2v) is 7.94. The third-order valence-corrected chi connectivity index (χ3v) is 5.89. The van der Waals surface area contributed by atoms with Crippen molar-refractivity contribution in [2.45, 2.75) is 75.0 Å². The van der Waals surface area contributed by atoms with Crippen LogP contribution in [-0.2, 0) is 0 Å². The number of hydrogen-bond acceptors (Lipinski definition) is 3. The van der Waals surface area contributed by atoms with Crippen molar-refractivity contribution in [3.8, 4) is 0 Å². The van der Waals surface area contributed by atoms with E-state index in [1.807, 2.05) is 23.5 Å². The number of unbranched alkanes of at least 4 members (excludes halogenated alkanes) is 6. The molecule has 1 aromatic carbocycles. The fraction of sp³-hybridized carbons (Fsp3) is 0.632. The van der Waals surface area contributed by atoms with Gasteiger partial charge in [-0.3, -0.25) is 4.79 Å². The molecular weight excluding hydrogens is 308 g/mol. The SMILES string of the molecule is CCCCCCSc1ccc(SCCCCCC)c(C=O)c1. The number of hydrogen-bond donors (Lipinski definition) is 0. The molecule has 124 valence electrons. The second-order valence-electron chi connectivity index (χ2n) is 5.64. The van der Waals surface area contributed by atoms with Gasteiger partial charge in [-0.25, -0.2) is 0 Å². The van der Waals surface area contributed by atoms with E-state index >= 15 is 0 Å². The Kier molecular flexibility index (Phi) is 11.7. The molecule has 1 nitrogen and oxygen atoms in total. The predicted octanol–water partition coefficient (Wildman–Crippen LogP) is 6.84. The maximum absolute atomic E-state index is 11.3. The van der Waals surface area contributed by atoms with Crippen LogP contribution in [0, 0.1) is 0 Å². The highest BCUT2D eigenvalue weighted by molar-refractivity contribution is 7.99. The van der Waals surface area contributed by atoms with Crippen LogP contribution in [0.5, 0.6) is 0 Å². The average molecular weight is 339 g/mol. The largest absolute Gasteiger partial charge is 0.298 e. The summed E-state index contributed by atoms with van der Waals surface area (Å²) in [6, 6.07) is 6.36. The van der Waals surface area contributed by atoms with E-state index in [0.29, 0.717) is 0 Å². The molecule has 0 saturated carbocycles. The van der Waals surface area contributed by atoms with Crippen LogP contribution >= 0.6 is 23.5 Å². The monoisotopic (exact) mass is 338 g/mol. The molecule has 0 spiro atoms. The zero-order chi connectivity index (χ0) is 16.0. The van der Waals surface area contributed by atoms with E-state index in [1.54, 1.807) is 0 Å². The van der Waals surface area contributed by atoms with Crippen LogP contribution in [0.15, 0.2) is 28.0 Å². The van der Waals surface area contributed by atoms with Gasteiger partial charge in [-0.15, -0.1) is 23.5 Å². The first kappa shape index (κ1) is 19.6. The Balaban J connectivity index is 2.39. The van der Waals surface area contributed by atoms with Crippen molar-refractivity contribution in [1.82, 2.24) is 0 Å². The normalized spacial score (nSPS) is 10.8. The molecule has 0 aliphatic rings. The van der Waals surface area contributed by atoms with Crippen molar-refractivity contribution in [1.29, 1.82) is 0 Å². The number of carbonyl (C=O) groups excluding carboxylic acids is 1. The molecule has 0 heterocycles. The molecular formula is C19H30OS2. The Morgan fingerprint density at radius 1 is 0.864 bits per heavy atom. The van der Waals surface area contributed by atoms with Gasteiger partial charge in [0.25, 0.3) is 0 Å². The third-order valence-electron chi connectivity index (χ3n) is 3.63. The van der Waals surface area contributed by atoms with Crippen LogP contribution in [0.3, 0.4) is 0 Å². The van der Waals surface area contributed by atoms with Gasteiger partial charge in [-0.1, -0.05) is 52.4 Å². The fourth-order valence-electron chi connectivity index (χ4n) is 2.27. The number of rotatable bonds is 13. The van der Waals surface area contributed by atoms with Crippen molar-refractivity contribution in [3.63, 3.8) is 0 Å². The standard InChI is InChI=1S/C19H30OS2/c1-3-5-7-9-13-21-18-11-12-19(17(15-18)16-20)22-14-10-8-6-4-2/h11-12,15-16H,3-10,13-14H2,1-2H3. The fourth-order valence-corrected chi connectivity index (χ4v) is 4.23. The highest BCUT2D eigenvalue weighted by Crippen LogP contribution is 2.28. The van der Waals surface area contributed by atoms with Gasteiger partial charge < -0.3 is 0 Å². The van der Waals surface area contributed by atoms with Gasteiger partial charge in [0.1, 0.15) is 0 Å². The summed E-state index contributed by atoms with van der Waals surface area (Å²) in [7, 11) is 0. The van der Waals surface area contributed by atoms with E-state index in [0.717, 1.165) is 28.3 Å². The molecule has 0 aromatic heterocycles. The number of carbonyl (C=O) groups is 1. The number of benzene rings is 1. The molecule has 22 heavy (non-hydrogen) atoms. The van der Waals surface area contributed by atoms with Crippen LogP contribution in [0.2, 0.25) is 0 Å². The molecule has 0 atom stereocenters. The minimum atomic E-state index is 0.860. The van der Waals surface area contributed by atoms with Gasteiger partial charge in [-0.05, 0) is 42.5 Å². The zero-order valence-corrected chi connectivity index (χ0v) is 15.7. The molecule has 0 amide bonds. The summed E-state index contributed by atoms with van der Waals surface area (Å²) in [6.07, 6.45) is 11.3. The molecule has 0 fully saturated rings. The van der Waals surface area contributed by atoms with E-state index in [1.165, 1.54) is 56.3 Å². The van der Waals surface area contributed by atoms with Gasteiger partial charge in [0.15, 0.2) is 6.29 Å². The number of thioether (sulfide) groups is 2. The van der Waals surface area contributed by atoms with Crippen molar-refractivity contribution in [2.75, 3.05) is 11.5 Å². The van der Waals surface area contributed by atoms with Gasteiger partial charge in [0.05, 0.1) is 0 Å². The van der Waals surface area contributed by atoms with Crippen LogP contribution in [0.4, 0.5) is 0 Å². The Labute approximate surface area is 145 Å². The number of aldehydes is 1. The molecule has 0 saturated heterocycles.